The lowest BCUT2D eigenvalue weighted by atomic mass is 10.3. The number of anilines is 1. The highest BCUT2D eigenvalue weighted by molar-refractivity contribution is 7.84. The Kier molecular flexibility index (Phi) is 6.32. The zero-order valence-electron chi connectivity index (χ0n) is 10.4. The van der Waals surface area contributed by atoms with E-state index in [0.717, 1.165) is 0 Å². The monoisotopic (exact) mass is 288 g/mol. The van der Waals surface area contributed by atoms with Gasteiger partial charge in [-0.25, -0.2) is 0 Å². The number of benzene rings is 1. The van der Waals surface area contributed by atoms with Crippen molar-refractivity contribution in [1.82, 2.24) is 5.32 Å². The van der Waals surface area contributed by atoms with Gasteiger partial charge in [-0.3, -0.25) is 9.00 Å². The van der Waals surface area contributed by atoms with Crippen molar-refractivity contribution in [1.29, 1.82) is 0 Å². The zero-order chi connectivity index (χ0) is 13.5. The van der Waals surface area contributed by atoms with Gasteiger partial charge in [0.05, 0.1) is 17.3 Å². The normalized spacial score (nSPS) is 13.9. The summed E-state index contributed by atoms with van der Waals surface area (Å²) < 4.78 is 11.1. The Balaban J connectivity index is 2.35. The molecule has 0 spiro atoms. The van der Waals surface area contributed by atoms with Crippen LogP contribution in [0.1, 0.15) is 6.92 Å². The summed E-state index contributed by atoms with van der Waals surface area (Å²) in [6.07, 6.45) is 1.65. The first-order chi connectivity index (χ1) is 8.50. The molecule has 100 valence electrons. The number of nitrogens with one attached hydrogen (secondary N) is 2. The summed E-state index contributed by atoms with van der Waals surface area (Å²) in [4.78, 5) is 11.6. The molecule has 0 radical (unpaired) electrons. The topological polar surface area (TPSA) is 58.2 Å². The minimum absolute atomic E-state index is 0.0260. The smallest absolute Gasteiger partial charge is 0.238 e. The Morgan fingerprint density at radius 2 is 2.11 bits per heavy atom. The van der Waals surface area contributed by atoms with E-state index in [1.165, 1.54) is 0 Å². The van der Waals surface area contributed by atoms with E-state index in [4.69, 9.17) is 11.6 Å². The number of amides is 1. The van der Waals surface area contributed by atoms with Crippen LogP contribution in [0.2, 0.25) is 5.02 Å². The number of rotatable bonds is 6. The van der Waals surface area contributed by atoms with Crippen LogP contribution in [0.3, 0.4) is 0 Å². The maximum absolute atomic E-state index is 11.6. The van der Waals surface area contributed by atoms with Crippen molar-refractivity contribution < 1.29 is 9.00 Å². The van der Waals surface area contributed by atoms with Gasteiger partial charge in [0, 0.05) is 28.9 Å². The summed E-state index contributed by atoms with van der Waals surface area (Å²) in [5, 5.41) is 6.20. The van der Waals surface area contributed by atoms with Gasteiger partial charge in [-0.05, 0) is 19.1 Å². The standard InChI is InChI=1S/C12H17ClN2O2S/c1-9(18(2)17)7-14-8-12(16)15-11-6-4-3-5-10(11)13/h3-6,9,14H,7-8H2,1-2H3,(H,15,16). The summed E-state index contributed by atoms with van der Waals surface area (Å²) in [5.74, 6) is -0.169. The Morgan fingerprint density at radius 3 is 2.72 bits per heavy atom. The molecular formula is C12H17ClN2O2S. The van der Waals surface area contributed by atoms with Crippen LogP contribution in [0.5, 0.6) is 0 Å². The predicted molar refractivity (Wildman–Crippen MR) is 76.5 cm³/mol. The van der Waals surface area contributed by atoms with Gasteiger partial charge in [0.25, 0.3) is 0 Å². The van der Waals surface area contributed by atoms with Crippen molar-refractivity contribution in [3.63, 3.8) is 0 Å². The number of hydrogen-bond acceptors (Lipinski definition) is 3. The van der Waals surface area contributed by atoms with Crippen molar-refractivity contribution in [2.24, 2.45) is 0 Å². The van der Waals surface area contributed by atoms with E-state index in [-0.39, 0.29) is 17.7 Å². The third-order valence-electron chi connectivity index (χ3n) is 2.43. The lowest BCUT2D eigenvalue weighted by Crippen LogP contribution is -2.34. The fourth-order valence-electron chi connectivity index (χ4n) is 1.26. The Morgan fingerprint density at radius 1 is 1.44 bits per heavy atom. The van der Waals surface area contributed by atoms with Crippen LogP contribution < -0.4 is 10.6 Å². The molecule has 0 heterocycles. The van der Waals surface area contributed by atoms with Crippen LogP contribution in [-0.2, 0) is 15.6 Å². The second-order valence-electron chi connectivity index (χ2n) is 3.97. The molecule has 1 aromatic carbocycles. The fourth-order valence-corrected chi connectivity index (χ4v) is 1.80. The van der Waals surface area contributed by atoms with Crippen LogP contribution in [0, 0.1) is 0 Å². The van der Waals surface area contributed by atoms with Gasteiger partial charge in [-0.15, -0.1) is 0 Å². The highest BCUT2D eigenvalue weighted by atomic mass is 35.5. The van der Waals surface area contributed by atoms with E-state index in [1.807, 2.05) is 6.92 Å². The average Bonchev–Trinajstić information content (AvgIpc) is 2.32. The van der Waals surface area contributed by atoms with Crippen molar-refractivity contribution in [2.45, 2.75) is 12.2 Å². The quantitative estimate of drug-likeness (QED) is 0.837. The Bertz CT molecular complexity index is 440. The molecule has 1 amide bonds. The van der Waals surface area contributed by atoms with Gasteiger partial charge in [-0.1, -0.05) is 23.7 Å². The second-order valence-corrected chi connectivity index (χ2v) is 6.18. The maximum Gasteiger partial charge on any atom is 0.238 e. The predicted octanol–water partition coefficient (Wildman–Crippen LogP) is 1.64. The van der Waals surface area contributed by atoms with Gasteiger partial charge in [0.1, 0.15) is 0 Å². The number of para-hydroxylation sites is 1. The first kappa shape index (κ1) is 15.1. The first-order valence-corrected chi connectivity index (χ1v) is 7.58. The van der Waals surface area contributed by atoms with Crippen LogP contribution in [0.25, 0.3) is 0 Å². The number of carbonyl (C=O) groups is 1. The first-order valence-electron chi connectivity index (χ1n) is 5.58. The van der Waals surface area contributed by atoms with Crippen LogP contribution >= 0.6 is 11.6 Å². The van der Waals surface area contributed by atoms with E-state index in [1.54, 1.807) is 30.5 Å². The highest BCUT2D eigenvalue weighted by Crippen LogP contribution is 2.19. The number of hydrogen-bond donors (Lipinski definition) is 2. The molecule has 0 aliphatic rings. The molecule has 2 unspecified atom stereocenters. The molecular weight excluding hydrogens is 272 g/mol. The molecule has 2 atom stereocenters. The Hall–Kier alpha value is -0.910. The molecule has 0 aliphatic carbocycles. The summed E-state index contributed by atoms with van der Waals surface area (Å²) >= 11 is 5.92. The molecule has 2 N–H and O–H groups in total. The van der Waals surface area contributed by atoms with Crippen molar-refractivity contribution in [2.75, 3.05) is 24.7 Å². The Labute approximate surface area is 115 Å². The molecule has 0 aliphatic heterocycles. The third kappa shape index (κ3) is 5.16. The van der Waals surface area contributed by atoms with Gasteiger partial charge in [-0.2, -0.15) is 0 Å². The van der Waals surface area contributed by atoms with Gasteiger partial charge < -0.3 is 10.6 Å². The lowest BCUT2D eigenvalue weighted by Gasteiger charge is -2.10. The maximum atomic E-state index is 11.6. The van der Waals surface area contributed by atoms with E-state index in [9.17, 15) is 9.00 Å². The second kappa shape index (κ2) is 7.51. The molecule has 18 heavy (non-hydrogen) atoms. The van der Waals surface area contributed by atoms with Crippen LogP contribution in [-0.4, -0.2) is 34.7 Å². The molecule has 1 rings (SSSR count). The minimum Gasteiger partial charge on any atom is -0.324 e. The minimum atomic E-state index is -0.882. The number of halogens is 1. The SMILES string of the molecule is CC(CNCC(=O)Nc1ccccc1Cl)S(C)=O. The van der Waals surface area contributed by atoms with E-state index >= 15 is 0 Å². The van der Waals surface area contributed by atoms with Crippen molar-refractivity contribution >= 4 is 34.0 Å². The third-order valence-corrected chi connectivity index (χ3v) is 4.06. The van der Waals surface area contributed by atoms with Gasteiger partial charge >= 0.3 is 0 Å². The largest absolute Gasteiger partial charge is 0.324 e. The summed E-state index contributed by atoms with van der Waals surface area (Å²) in [6, 6.07) is 7.06. The molecule has 4 nitrogen and oxygen atoms in total. The highest BCUT2D eigenvalue weighted by Gasteiger charge is 2.08. The molecule has 6 heteroatoms. The van der Waals surface area contributed by atoms with Crippen LogP contribution in [0.4, 0.5) is 5.69 Å². The van der Waals surface area contributed by atoms with E-state index < -0.39 is 10.8 Å². The molecule has 0 fully saturated rings. The van der Waals surface area contributed by atoms with Crippen molar-refractivity contribution in [3.05, 3.63) is 29.3 Å². The molecule has 1 aromatic rings. The van der Waals surface area contributed by atoms with Crippen LogP contribution in [0.15, 0.2) is 24.3 Å². The molecule has 0 saturated carbocycles. The summed E-state index contributed by atoms with van der Waals surface area (Å²) in [7, 11) is -0.882. The molecule has 0 aromatic heterocycles. The zero-order valence-corrected chi connectivity index (χ0v) is 12.0. The number of carbonyl (C=O) groups excluding carboxylic acids is 1. The lowest BCUT2D eigenvalue weighted by molar-refractivity contribution is -0.115. The molecule has 0 bridgehead atoms. The molecule has 0 saturated heterocycles. The van der Waals surface area contributed by atoms with Crippen molar-refractivity contribution in [3.8, 4) is 0 Å². The summed E-state index contributed by atoms with van der Waals surface area (Å²) in [6.45, 7) is 2.58. The van der Waals surface area contributed by atoms with E-state index in [2.05, 4.69) is 10.6 Å². The van der Waals surface area contributed by atoms with E-state index in [0.29, 0.717) is 17.3 Å². The van der Waals surface area contributed by atoms with Gasteiger partial charge in [0.15, 0.2) is 0 Å². The summed E-state index contributed by atoms with van der Waals surface area (Å²) in [5.41, 5.74) is 0.595. The fraction of sp³-hybridized carbons (Fsp3) is 0.417. The average molecular weight is 289 g/mol. The van der Waals surface area contributed by atoms with Gasteiger partial charge in [0.2, 0.25) is 5.91 Å².